The third kappa shape index (κ3) is 1.84. The lowest BCUT2D eigenvalue weighted by molar-refractivity contribution is 0.434. The maximum absolute atomic E-state index is 13.1. The first-order chi connectivity index (χ1) is 6.00. The average molecular weight is 267 g/mol. The summed E-state index contributed by atoms with van der Waals surface area (Å²) in [4.78, 5) is 0. The lowest BCUT2D eigenvalue weighted by Gasteiger charge is -2.07. The number of rotatable bonds is 1. The van der Waals surface area contributed by atoms with Crippen molar-refractivity contribution in [3.8, 4) is 0 Å². The quantitative estimate of drug-likeness (QED) is 0.317. The molecule has 0 saturated carbocycles. The number of hydrogen-bond donors (Lipinski definition) is 0. The maximum atomic E-state index is 13.1. The second-order valence-corrected chi connectivity index (χ2v) is 5.15. The lowest BCUT2D eigenvalue weighted by Crippen LogP contribution is -2.23. The van der Waals surface area contributed by atoms with Gasteiger partial charge in [0.05, 0.1) is 0 Å². The highest BCUT2D eigenvalue weighted by Crippen LogP contribution is 2.16. The molecule has 0 saturated heterocycles. The molecule has 0 aromatic heterocycles. The Balaban J connectivity index is 3.56. The largest absolute Gasteiger partial charge is 0.516 e. The van der Waals surface area contributed by atoms with Gasteiger partial charge in [-0.05, 0) is 6.92 Å². The fourth-order valence-corrected chi connectivity index (χ4v) is 3.06. The summed E-state index contributed by atoms with van der Waals surface area (Å²) in [5, 5.41) is 0. The summed E-state index contributed by atoms with van der Waals surface area (Å²) in [6, 6.07) is 0. The van der Waals surface area contributed by atoms with Crippen LogP contribution in [0.5, 0.6) is 0 Å². The Bertz CT molecular complexity index is 324. The molecule has 6 heteroatoms. The molecule has 0 aliphatic heterocycles. The molecular weight excluding hydrogens is 264 g/mol. The standard InChI is InChI=1S/C7H3F4.BrH.Mg/c1-3-4(8)2-5(9)7(11)6(3)10;;/h1H3;1H;/q;;+1/p-1. The van der Waals surface area contributed by atoms with Crippen LogP contribution in [0.2, 0.25) is 0 Å². The van der Waals surface area contributed by atoms with E-state index in [0.717, 1.165) is 6.92 Å². The van der Waals surface area contributed by atoms with Crippen molar-refractivity contribution in [2.45, 2.75) is 6.92 Å². The molecule has 1 rings (SSSR count). The van der Waals surface area contributed by atoms with Gasteiger partial charge in [-0.25, -0.2) is 17.6 Å². The highest BCUT2D eigenvalue weighted by atomic mass is 79.9. The van der Waals surface area contributed by atoms with Gasteiger partial charge >= 0.3 is 18.2 Å². The number of halogens is 5. The fourth-order valence-electron chi connectivity index (χ4n) is 0.930. The molecule has 1 aromatic carbocycles. The van der Waals surface area contributed by atoms with E-state index in [1.54, 1.807) is 0 Å². The van der Waals surface area contributed by atoms with Crippen LogP contribution in [0.25, 0.3) is 0 Å². The summed E-state index contributed by atoms with van der Waals surface area (Å²) in [6.07, 6.45) is 0. The minimum Gasteiger partial charge on any atom is -0.296 e. The van der Waals surface area contributed by atoms with E-state index >= 15 is 0 Å². The summed E-state index contributed by atoms with van der Waals surface area (Å²) < 4.78 is 51.0. The third-order valence-electron chi connectivity index (χ3n) is 1.71. The Hall–Kier alpha value is 0.186. The molecule has 0 amide bonds. The molecule has 1 aromatic rings. The average Bonchev–Trinajstić information content (AvgIpc) is 2.13. The lowest BCUT2D eigenvalue weighted by atomic mass is 10.2. The van der Waals surface area contributed by atoms with Gasteiger partial charge in [-0.15, -0.1) is 0 Å². The van der Waals surface area contributed by atoms with E-state index in [1.165, 1.54) is 0 Å². The van der Waals surface area contributed by atoms with Gasteiger partial charge in [0.2, 0.25) is 0 Å². The molecule has 0 bridgehead atoms. The van der Waals surface area contributed by atoms with E-state index in [4.69, 9.17) is 0 Å². The van der Waals surface area contributed by atoms with Gasteiger partial charge in [0, 0.05) is 5.56 Å². The van der Waals surface area contributed by atoms with Crippen molar-refractivity contribution in [1.29, 1.82) is 0 Å². The SMILES string of the molecule is Cc1c(F)c(F)c(F)[c]([Mg][Br])c1F. The minimum atomic E-state index is -1.60. The van der Waals surface area contributed by atoms with Gasteiger partial charge in [-0.3, -0.25) is 12.9 Å². The zero-order valence-electron chi connectivity index (χ0n) is 6.60. The predicted octanol–water partition coefficient (Wildman–Crippen LogP) is 2.19. The topological polar surface area (TPSA) is 0 Å². The molecule has 0 nitrogen and oxygen atoms in total. The van der Waals surface area contributed by atoms with Crippen molar-refractivity contribution in [3.63, 3.8) is 0 Å². The fraction of sp³-hybridized carbons (Fsp3) is 0.143. The van der Waals surface area contributed by atoms with Crippen molar-refractivity contribution in [3.05, 3.63) is 28.8 Å². The summed E-state index contributed by atoms with van der Waals surface area (Å²) in [6.45, 7) is 1.08. The van der Waals surface area contributed by atoms with Crippen LogP contribution in [0.1, 0.15) is 5.56 Å². The Morgan fingerprint density at radius 1 is 0.923 bits per heavy atom. The Labute approximate surface area is 87.9 Å². The summed E-state index contributed by atoms with van der Waals surface area (Å²) in [5.74, 6) is -5.45. The Morgan fingerprint density at radius 2 is 1.46 bits per heavy atom. The molecule has 0 aliphatic rings. The molecule has 0 fully saturated rings. The highest BCUT2D eigenvalue weighted by molar-refractivity contribution is 9.23. The molecule has 0 aliphatic carbocycles. The van der Waals surface area contributed by atoms with E-state index in [9.17, 15) is 17.6 Å². The van der Waals surface area contributed by atoms with Crippen molar-refractivity contribution in [1.82, 2.24) is 0 Å². The van der Waals surface area contributed by atoms with E-state index in [0.29, 0.717) is 0 Å². The van der Waals surface area contributed by atoms with Crippen LogP contribution >= 0.6 is 12.9 Å². The van der Waals surface area contributed by atoms with Gasteiger partial charge in [-0.1, -0.05) is 3.69 Å². The highest BCUT2D eigenvalue weighted by Gasteiger charge is 2.22. The Morgan fingerprint density at radius 3 is 1.92 bits per heavy atom. The van der Waals surface area contributed by atoms with Gasteiger partial charge < -0.3 is 0 Å². The molecule has 13 heavy (non-hydrogen) atoms. The van der Waals surface area contributed by atoms with Crippen LogP contribution in [0.15, 0.2) is 0 Å². The second kappa shape index (κ2) is 4.14. The van der Waals surface area contributed by atoms with E-state index < -0.39 is 47.0 Å². The zero-order chi connectivity index (χ0) is 10.2. The molecular formula is C7H3BrF4Mg. The molecule has 0 atom stereocenters. The van der Waals surface area contributed by atoms with E-state index in [-0.39, 0.29) is 3.69 Å². The van der Waals surface area contributed by atoms with E-state index in [2.05, 4.69) is 12.9 Å². The van der Waals surface area contributed by atoms with Crippen LogP contribution in [-0.4, -0.2) is 18.2 Å². The van der Waals surface area contributed by atoms with Crippen molar-refractivity contribution in [2.24, 2.45) is 0 Å². The van der Waals surface area contributed by atoms with Crippen molar-refractivity contribution >= 4 is 34.8 Å². The first-order valence-corrected chi connectivity index (χ1v) is 7.98. The maximum Gasteiger partial charge on any atom is 0.516 e. The molecule has 0 spiro atoms. The van der Waals surface area contributed by atoms with Crippen LogP contribution < -0.4 is 3.69 Å². The van der Waals surface area contributed by atoms with Crippen LogP contribution in [0, 0.1) is 30.2 Å². The van der Waals surface area contributed by atoms with Crippen molar-refractivity contribution < 1.29 is 17.6 Å². The van der Waals surface area contributed by atoms with Crippen molar-refractivity contribution in [2.75, 3.05) is 0 Å². The van der Waals surface area contributed by atoms with E-state index in [1.807, 2.05) is 0 Å². The molecule has 0 heterocycles. The molecule has 0 N–H and O–H groups in total. The molecule has 68 valence electrons. The zero-order valence-corrected chi connectivity index (χ0v) is 9.60. The van der Waals surface area contributed by atoms with Crippen LogP contribution in [0.4, 0.5) is 17.6 Å². The Kier molecular flexibility index (Phi) is 3.59. The van der Waals surface area contributed by atoms with Gasteiger partial charge in [0.1, 0.15) is 11.6 Å². The predicted molar refractivity (Wildman–Crippen MR) is 45.3 cm³/mol. The first-order valence-electron chi connectivity index (χ1n) is 3.38. The summed E-state index contributed by atoms with van der Waals surface area (Å²) >= 11 is 1.55. The van der Waals surface area contributed by atoms with Crippen LogP contribution in [-0.2, 0) is 0 Å². The minimum absolute atomic E-state index is 0.351. The van der Waals surface area contributed by atoms with Gasteiger partial charge in [0.25, 0.3) is 0 Å². The molecule has 0 radical (unpaired) electrons. The van der Waals surface area contributed by atoms with Crippen LogP contribution in [0.3, 0.4) is 0 Å². The summed E-state index contributed by atoms with van der Waals surface area (Å²) in [7, 11) is 0. The summed E-state index contributed by atoms with van der Waals surface area (Å²) in [5.41, 5.74) is -0.471. The molecule has 0 unspecified atom stereocenters. The normalized spacial score (nSPS) is 10.0. The third-order valence-corrected chi connectivity index (χ3v) is 4.28. The second-order valence-electron chi connectivity index (χ2n) is 2.49. The van der Waals surface area contributed by atoms with Gasteiger partial charge in [0.15, 0.2) is 11.6 Å². The number of benzene rings is 1. The first kappa shape index (κ1) is 11.3. The smallest absolute Gasteiger partial charge is 0.296 e. The van der Waals surface area contributed by atoms with Gasteiger partial charge in [-0.2, -0.15) is 0 Å². The number of hydrogen-bond acceptors (Lipinski definition) is 0. The monoisotopic (exact) mass is 266 g/mol.